The Balaban J connectivity index is 3.63. The second-order valence-corrected chi connectivity index (χ2v) is 7.88. The van der Waals surface area contributed by atoms with Gasteiger partial charge in [-0.05, 0) is 72.2 Å². The van der Waals surface area contributed by atoms with Crippen molar-refractivity contribution in [1.29, 1.82) is 0 Å². The Morgan fingerprint density at radius 3 is 2.27 bits per heavy atom. The summed E-state index contributed by atoms with van der Waals surface area (Å²) in [7, 11) is 6.57. The van der Waals surface area contributed by atoms with Crippen molar-refractivity contribution in [2.45, 2.75) is 58.4 Å². The van der Waals surface area contributed by atoms with Crippen molar-refractivity contribution in [2.24, 2.45) is 0 Å². The molecule has 0 fully saturated rings. The molecule has 0 bridgehead atoms. The molecular formula is C18H41N3S. The van der Waals surface area contributed by atoms with Gasteiger partial charge in [0.05, 0.1) is 0 Å². The summed E-state index contributed by atoms with van der Waals surface area (Å²) < 4.78 is 0. The molecule has 0 amide bonds. The predicted molar refractivity (Wildman–Crippen MR) is 104 cm³/mol. The number of hydrogen-bond acceptors (Lipinski definition) is 4. The van der Waals surface area contributed by atoms with Crippen molar-refractivity contribution < 1.29 is 0 Å². The lowest BCUT2D eigenvalue weighted by atomic mass is 10.1. The van der Waals surface area contributed by atoms with Gasteiger partial charge >= 0.3 is 0 Å². The smallest absolute Gasteiger partial charge is 0.00794 e. The molecule has 1 unspecified atom stereocenters. The van der Waals surface area contributed by atoms with Gasteiger partial charge in [0, 0.05) is 18.3 Å². The molecule has 1 atom stereocenters. The van der Waals surface area contributed by atoms with Crippen LogP contribution in [0.25, 0.3) is 0 Å². The van der Waals surface area contributed by atoms with Crippen molar-refractivity contribution >= 4 is 11.8 Å². The molecule has 0 spiro atoms. The van der Waals surface area contributed by atoms with Gasteiger partial charge in [-0.15, -0.1) is 0 Å². The predicted octanol–water partition coefficient (Wildman–Crippen LogP) is 3.55. The van der Waals surface area contributed by atoms with Gasteiger partial charge in [-0.3, -0.25) is 0 Å². The molecule has 1 N–H and O–H groups in total. The number of rotatable bonds is 16. The molecule has 22 heavy (non-hydrogen) atoms. The van der Waals surface area contributed by atoms with Crippen LogP contribution in [0.3, 0.4) is 0 Å². The molecular weight excluding hydrogens is 290 g/mol. The molecule has 134 valence electrons. The van der Waals surface area contributed by atoms with E-state index in [1.165, 1.54) is 69.7 Å². The second-order valence-electron chi connectivity index (χ2n) is 6.65. The van der Waals surface area contributed by atoms with Crippen LogP contribution in [0.15, 0.2) is 0 Å². The van der Waals surface area contributed by atoms with Gasteiger partial charge < -0.3 is 15.1 Å². The minimum Gasteiger partial charge on any atom is -0.313 e. The monoisotopic (exact) mass is 331 g/mol. The molecule has 0 aliphatic rings. The number of nitrogens with one attached hydrogen (secondary N) is 1. The highest BCUT2D eigenvalue weighted by atomic mass is 32.2. The Bertz CT molecular complexity index is 224. The Kier molecular flexibility index (Phi) is 16.3. The minimum atomic E-state index is 0.705. The van der Waals surface area contributed by atoms with E-state index >= 15 is 0 Å². The zero-order valence-corrected chi connectivity index (χ0v) is 16.7. The van der Waals surface area contributed by atoms with E-state index in [-0.39, 0.29) is 0 Å². The van der Waals surface area contributed by atoms with Crippen molar-refractivity contribution in [3.63, 3.8) is 0 Å². The maximum Gasteiger partial charge on any atom is 0.00794 e. The lowest BCUT2D eigenvalue weighted by Crippen LogP contribution is -2.34. The van der Waals surface area contributed by atoms with Gasteiger partial charge in [0.2, 0.25) is 0 Å². The summed E-state index contributed by atoms with van der Waals surface area (Å²) in [5.74, 6) is 2.54. The topological polar surface area (TPSA) is 18.5 Å². The Hall–Kier alpha value is 0.230. The summed E-state index contributed by atoms with van der Waals surface area (Å²) in [4.78, 5) is 4.76. The van der Waals surface area contributed by atoms with E-state index in [0.717, 1.165) is 6.54 Å². The molecule has 4 heteroatoms. The summed E-state index contributed by atoms with van der Waals surface area (Å²) in [6, 6.07) is 0.705. The molecule has 0 aromatic carbocycles. The zero-order valence-electron chi connectivity index (χ0n) is 15.9. The molecule has 0 aliphatic carbocycles. The van der Waals surface area contributed by atoms with Gasteiger partial charge in [-0.1, -0.05) is 26.7 Å². The first-order chi connectivity index (χ1) is 10.6. The number of nitrogens with zero attached hydrogens (tertiary/aromatic N) is 2. The lowest BCUT2D eigenvalue weighted by Gasteiger charge is -2.22. The highest BCUT2D eigenvalue weighted by molar-refractivity contribution is 7.99. The minimum absolute atomic E-state index is 0.705. The number of thioether (sulfide) groups is 1. The maximum atomic E-state index is 3.77. The third-order valence-electron chi connectivity index (χ3n) is 3.96. The number of unbranched alkanes of at least 4 members (excludes halogenated alkanes) is 1. The molecule has 0 aliphatic heterocycles. The van der Waals surface area contributed by atoms with Crippen LogP contribution in [0.4, 0.5) is 0 Å². The lowest BCUT2D eigenvalue weighted by molar-refractivity contribution is 0.298. The highest BCUT2D eigenvalue weighted by Crippen LogP contribution is 2.06. The Morgan fingerprint density at radius 1 is 0.864 bits per heavy atom. The van der Waals surface area contributed by atoms with Crippen LogP contribution in [0, 0.1) is 0 Å². The van der Waals surface area contributed by atoms with Crippen molar-refractivity contribution in [2.75, 3.05) is 58.8 Å². The van der Waals surface area contributed by atoms with Gasteiger partial charge in [0.25, 0.3) is 0 Å². The van der Waals surface area contributed by atoms with Crippen LogP contribution in [0.5, 0.6) is 0 Å². The molecule has 0 radical (unpaired) electrons. The van der Waals surface area contributed by atoms with Gasteiger partial charge in [0.1, 0.15) is 0 Å². The Morgan fingerprint density at radius 2 is 1.64 bits per heavy atom. The van der Waals surface area contributed by atoms with Gasteiger partial charge in [0.15, 0.2) is 0 Å². The van der Waals surface area contributed by atoms with Gasteiger partial charge in [-0.2, -0.15) is 11.8 Å². The van der Waals surface area contributed by atoms with E-state index in [2.05, 4.69) is 61.9 Å². The molecule has 0 aromatic heterocycles. The van der Waals surface area contributed by atoms with Crippen molar-refractivity contribution in [3.8, 4) is 0 Å². The first-order valence-electron chi connectivity index (χ1n) is 9.24. The summed E-state index contributed by atoms with van der Waals surface area (Å²) >= 11 is 2.09. The summed E-state index contributed by atoms with van der Waals surface area (Å²) in [5, 5.41) is 3.77. The van der Waals surface area contributed by atoms with Crippen LogP contribution in [0.1, 0.15) is 52.4 Å². The van der Waals surface area contributed by atoms with Crippen LogP contribution < -0.4 is 5.32 Å². The fourth-order valence-electron chi connectivity index (χ4n) is 2.53. The number of hydrogen-bond donors (Lipinski definition) is 1. The fraction of sp³-hybridized carbons (Fsp3) is 1.00. The van der Waals surface area contributed by atoms with E-state index in [1.807, 2.05) is 0 Å². The average molecular weight is 332 g/mol. The second kappa shape index (κ2) is 16.1. The van der Waals surface area contributed by atoms with Gasteiger partial charge in [-0.25, -0.2) is 0 Å². The third-order valence-corrected chi connectivity index (χ3v) is 5.03. The normalized spacial score (nSPS) is 13.2. The average Bonchev–Trinajstić information content (AvgIpc) is 2.49. The Labute approximate surface area is 144 Å². The maximum absolute atomic E-state index is 3.77. The fourth-order valence-corrected chi connectivity index (χ4v) is 3.33. The van der Waals surface area contributed by atoms with Crippen molar-refractivity contribution in [1.82, 2.24) is 15.1 Å². The zero-order chi connectivity index (χ0) is 16.6. The quantitative estimate of drug-likeness (QED) is 0.436. The first-order valence-corrected chi connectivity index (χ1v) is 10.4. The summed E-state index contributed by atoms with van der Waals surface area (Å²) in [6.07, 6.45) is 7.81. The van der Waals surface area contributed by atoms with E-state index in [9.17, 15) is 0 Å². The standard InChI is InChI=1S/C18H41N3S/c1-6-8-14-21(5)15-11-18(10-7-2)19-12-17-22-16-9-13-20(3)4/h18-19H,6-17H2,1-5H3. The highest BCUT2D eigenvalue weighted by Gasteiger charge is 2.08. The molecule has 0 heterocycles. The first kappa shape index (κ1) is 22.2. The molecule has 0 saturated carbocycles. The largest absolute Gasteiger partial charge is 0.313 e. The van der Waals surface area contributed by atoms with E-state index in [1.54, 1.807) is 0 Å². The molecule has 0 saturated heterocycles. The van der Waals surface area contributed by atoms with Crippen LogP contribution in [-0.4, -0.2) is 74.7 Å². The van der Waals surface area contributed by atoms with Crippen molar-refractivity contribution in [3.05, 3.63) is 0 Å². The van der Waals surface area contributed by atoms with Crippen LogP contribution in [0.2, 0.25) is 0 Å². The van der Waals surface area contributed by atoms with E-state index < -0.39 is 0 Å². The van der Waals surface area contributed by atoms with Crippen LogP contribution >= 0.6 is 11.8 Å². The molecule has 3 nitrogen and oxygen atoms in total. The van der Waals surface area contributed by atoms with E-state index in [0.29, 0.717) is 6.04 Å². The summed E-state index contributed by atoms with van der Waals surface area (Å²) in [5.41, 5.74) is 0. The van der Waals surface area contributed by atoms with Crippen LogP contribution in [-0.2, 0) is 0 Å². The molecule has 0 aromatic rings. The summed E-state index contributed by atoms with van der Waals surface area (Å²) in [6.45, 7) is 9.42. The van der Waals surface area contributed by atoms with E-state index in [4.69, 9.17) is 0 Å². The SMILES string of the molecule is CCCCN(C)CCC(CCC)NCCSCCCN(C)C. The third kappa shape index (κ3) is 15.1. The molecule has 0 rings (SSSR count).